The van der Waals surface area contributed by atoms with Gasteiger partial charge in [0.05, 0.1) is 5.02 Å². The van der Waals surface area contributed by atoms with Crippen LogP contribution in [0.3, 0.4) is 0 Å². The van der Waals surface area contributed by atoms with E-state index >= 15 is 0 Å². The highest BCUT2D eigenvalue weighted by Gasteiger charge is 2.31. The Morgan fingerprint density at radius 2 is 1.92 bits per heavy atom. The predicted octanol–water partition coefficient (Wildman–Crippen LogP) is 4.69. The van der Waals surface area contributed by atoms with Gasteiger partial charge in [-0.15, -0.1) is 11.3 Å². The van der Waals surface area contributed by atoms with Gasteiger partial charge in [0.2, 0.25) is 0 Å². The minimum atomic E-state index is -0.565. The topological polar surface area (TPSA) is 46.6 Å². The molecule has 1 aliphatic rings. The Bertz CT molecular complexity index is 1010. The largest absolute Gasteiger partial charge is 0.451 e. The van der Waals surface area contributed by atoms with Crippen molar-refractivity contribution in [2.75, 3.05) is 11.5 Å². The zero-order valence-electron chi connectivity index (χ0n) is 14.1. The van der Waals surface area contributed by atoms with Gasteiger partial charge in [-0.3, -0.25) is 4.79 Å². The highest BCUT2D eigenvalue weighted by molar-refractivity contribution is 7.21. The van der Waals surface area contributed by atoms with Crippen LogP contribution in [0.1, 0.15) is 22.2 Å². The van der Waals surface area contributed by atoms with Crippen molar-refractivity contribution in [1.82, 2.24) is 0 Å². The number of amides is 1. The molecule has 1 atom stereocenters. The fourth-order valence-corrected chi connectivity index (χ4v) is 4.76. The fourth-order valence-electron chi connectivity index (χ4n) is 3.35. The van der Waals surface area contributed by atoms with Gasteiger partial charge in [0, 0.05) is 21.8 Å². The maximum Gasteiger partial charge on any atom is 0.350 e. The number of thiophene rings is 1. The molecule has 26 heavy (non-hydrogen) atoms. The summed E-state index contributed by atoms with van der Waals surface area (Å²) in [5.74, 6) is -0.794. The van der Waals surface area contributed by atoms with Crippen molar-refractivity contribution in [2.45, 2.75) is 19.4 Å². The molecule has 6 heteroatoms. The summed E-state index contributed by atoms with van der Waals surface area (Å²) in [6, 6.07) is 15.4. The number of carbonyl (C=O) groups excluding carboxylic acids is 2. The zero-order chi connectivity index (χ0) is 18.3. The first-order valence-electron chi connectivity index (χ1n) is 8.30. The van der Waals surface area contributed by atoms with E-state index in [0.717, 1.165) is 27.8 Å². The van der Waals surface area contributed by atoms with Crippen LogP contribution >= 0.6 is 22.9 Å². The molecule has 4 rings (SSSR count). The van der Waals surface area contributed by atoms with Crippen LogP contribution in [0.15, 0.2) is 48.5 Å². The maximum atomic E-state index is 12.6. The van der Waals surface area contributed by atoms with Gasteiger partial charge < -0.3 is 9.64 Å². The van der Waals surface area contributed by atoms with Crippen LogP contribution in [-0.4, -0.2) is 24.5 Å². The van der Waals surface area contributed by atoms with Crippen molar-refractivity contribution >= 4 is 50.6 Å². The average molecular weight is 386 g/mol. The summed E-state index contributed by atoms with van der Waals surface area (Å²) < 4.78 is 6.19. The summed E-state index contributed by atoms with van der Waals surface area (Å²) in [5, 5.41) is 1.20. The van der Waals surface area contributed by atoms with E-state index in [1.807, 2.05) is 55.5 Å². The van der Waals surface area contributed by atoms with E-state index in [2.05, 4.69) is 0 Å². The van der Waals surface area contributed by atoms with Crippen LogP contribution in [-0.2, 0) is 16.0 Å². The number of halogens is 1. The Hall–Kier alpha value is -2.37. The van der Waals surface area contributed by atoms with E-state index in [9.17, 15) is 9.59 Å². The Balaban J connectivity index is 1.49. The standard InChI is InChI=1S/C20H16ClNO3S/c1-12-10-13-6-2-4-8-15(13)22(12)17(23)11-25-20(24)19-18(21)14-7-3-5-9-16(14)26-19/h2-9,12H,10-11H2,1H3/t12-/m1/s1. The van der Waals surface area contributed by atoms with Crippen molar-refractivity contribution < 1.29 is 14.3 Å². The maximum absolute atomic E-state index is 12.6. The molecule has 0 bridgehead atoms. The van der Waals surface area contributed by atoms with Crippen molar-refractivity contribution in [2.24, 2.45) is 0 Å². The number of ether oxygens (including phenoxy) is 1. The van der Waals surface area contributed by atoms with Crippen molar-refractivity contribution in [3.63, 3.8) is 0 Å². The van der Waals surface area contributed by atoms with Gasteiger partial charge in [0.25, 0.3) is 5.91 Å². The van der Waals surface area contributed by atoms with Crippen LogP contribution in [0.5, 0.6) is 0 Å². The number of hydrogen-bond donors (Lipinski definition) is 0. The molecule has 2 heterocycles. The Morgan fingerprint density at radius 3 is 2.73 bits per heavy atom. The summed E-state index contributed by atoms with van der Waals surface area (Å²) in [6.45, 7) is 1.69. The molecule has 0 N–H and O–H groups in total. The van der Waals surface area contributed by atoms with Gasteiger partial charge in [-0.1, -0.05) is 48.0 Å². The lowest BCUT2D eigenvalue weighted by molar-refractivity contribution is -0.122. The van der Waals surface area contributed by atoms with Gasteiger partial charge in [-0.05, 0) is 31.0 Å². The van der Waals surface area contributed by atoms with E-state index in [1.54, 1.807) is 4.90 Å². The number of nitrogens with zero attached hydrogens (tertiary/aromatic N) is 1. The fraction of sp³-hybridized carbons (Fsp3) is 0.200. The van der Waals surface area contributed by atoms with Crippen LogP contribution < -0.4 is 4.90 Å². The number of benzene rings is 2. The van der Waals surface area contributed by atoms with Gasteiger partial charge in [-0.2, -0.15) is 0 Å². The monoisotopic (exact) mass is 385 g/mol. The second-order valence-electron chi connectivity index (χ2n) is 6.26. The van der Waals surface area contributed by atoms with E-state index in [1.165, 1.54) is 11.3 Å². The van der Waals surface area contributed by atoms with E-state index in [-0.39, 0.29) is 18.6 Å². The number of fused-ring (bicyclic) bond motifs is 2. The molecule has 1 aliphatic heterocycles. The van der Waals surface area contributed by atoms with Gasteiger partial charge in [-0.25, -0.2) is 4.79 Å². The normalized spacial score (nSPS) is 15.9. The Kier molecular flexibility index (Phi) is 4.42. The van der Waals surface area contributed by atoms with Gasteiger partial charge >= 0.3 is 5.97 Å². The van der Waals surface area contributed by atoms with Crippen molar-refractivity contribution in [3.8, 4) is 0 Å². The number of rotatable bonds is 3. The number of hydrogen-bond acceptors (Lipinski definition) is 4. The number of esters is 1. The number of anilines is 1. The molecule has 2 aromatic carbocycles. The molecule has 0 aliphatic carbocycles. The summed E-state index contributed by atoms with van der Waals surface area (Å²) in [4.78, 5) is 27.1. The highest BCUT2D eigenvalue weighted by atomic mass is 35.5. The molecular weight excluding hydrogens is 370 g/mol. The zero-order valence-corrected chi connectivity index (χ0v) is 15.6. The molecule has 3 aromatic rings. The van der Waals surface area contributed by atoms with E-state index in [4.69, 9.17) is 16.3 Å². The van der Waals surface area contributed by atoms with E-state index in [0.29, 0.717) is 9.90 Å². The van der Waals surface area contributed by atoms with Crippen molar-refractivity contribution in [1.29, 1.82) is 0 Å². The molecule has 1 aromatic heterocycles. The average Bonchev–Trinajstić information content (AvgIpc) is 3.16. The van der Waals surface area contributed by atoms with Crippen LogP contribution in [0, 0.1) is 0 Å². The van der Waals surface area contributed by atoms with Gasteiger partial charge in [0.1, 0.15) is 4.88 Å². The third-order valence-corrected chi connectivity index (χ3v) is 6.18. The molecule has 0 radical (unpaired) electrons. The second-order valence-corrected chi connectivity index (χ2v) is 7.69. The first-order chi connectivity index (χ1) is 12.6. The van der Waals surface area contributed by atoms with E-state index < -0.39 is 5.97 Å². The molecule has 0 fully saturated rings. The molecule has 0 saturated heterocycles. The minimum Gasteiger partial charge on any atom is -0.451 e. The number of carbonyl (C=O) groups is 2. The minimum absolute atomic E-state index is 0.0477. The third-order valence-electron chi connectivity index (χ3n) is 4.52. The first kappa shape index (κ1) is 17.1. The summed E-state index contributed by atoms with van der Waals surface area (Å²) in [5.41, 5.74) is 2.02. The third kappa shape index (κ3) is 2.87. The summed E-state index contributed by atoms with van der Waals surface area (Å²) >= 11 is 7.57. The molecule has 0 spiro atoms. The molecule has 0 saturated carbocycles. The predicted molar refractivity (Wildman–Crippen MR) is 104 cm³/mol. The van der Waals surface area contributed by atoms with Crippen LogP contribution in [0.25, 0.3) is 10.1 Å². The summed E-state index contributed by atoms with van der Waals surface area (Å²) in [6.07, 6.45) is 0.804. The second kappa shape index (κ2) is 6.74. The van der Waals surface area contributed by atoms with Gasteiger partial charge in [0.15, 0.2) is 6.61 Å². The lowest BCUT2D eigenvalue weighted by atomic mass is 10.1. The van der Waals surface area contributed by atoms with Crippen LogP contribution in [0.2, 0.25) is 5.02 Å². The number of para-hydroxylation sites is 1. The highest BCUT2D eigenvalue weighted by Crippen LogP contribution is 2.36. The quantitative estimate of drug-likeness (QED) is 0.614. The SMILES string of the molecule is C[C@@H]1Cc2ccccc2N1C(=O)COC(=O)c1sc2ccccc2c1Cl. The smallest absolute Gasteiger partial charge is 0.350 e. The van der Waals surface area contributed by atoms with Crippen molar-refractivity contribution in [3.05, 3.63) is 64.0 Å². The summed E-state index contributed by atoms with van der Waals surface area (Å²) in [7, 11) is 0. The molecule has 0 unspecified atom stereocenters. The van der Waals surface area contributed by atoms with Crippen LogP contribution in [0.4, 0.5) is 5.69 Å². The Labute approximate surface area is 159 Å². The molecular formula is C20H16ClNO3S. The lowest BCUT2D eigenvalue weighted by Gasteiger charge is -2.22. The molecule has 1 amide bonds. The lowest BCUT2D eigenvalue weighted by Crippen LogP contribution is -2.38. The molecule has 4 nitrogen and oxygen atoms in total. The Morgan fingerprint density at radius 1 is 1.19 bits per heavy atom. The first-order valence-corrected chi connectivity index (χ1v) is 9.50. The molecule has 132 valence electrons.